The van der Waals surface area contributed by atoms with Gasteiger partial charge in [0.15, 0.2) is 0 Å². The van der Waals surface area contributed by atoms with Crippen LogP contribution in [0.5, 0.6) is 0 Å². The van der Waals surface area contributed by atoms with Crippen LogP contribution in [-0.2, 0) is 0 Å². The maximum absolute atomic E-state index is 8.86. The lowest BCUT2D eigenvalue weighted by atomic mass is 9.98. The quantitative estimate of drug-likeness (QED) is 0.112. The van der Waals surface area contributed by atoms with Crippen molar-refractivity contribution < 1.29 is 0 Å². The summed E-state index contributed by atoms with van der Waals surface area (Å²) < 4.78 is 4.51. The standard InChI is InChI=1S/C58H40N4/c59-54(48-17-11-16-45(36-48)44-24-22-42(23-25-44)40-12-3-1-4-13-40)34-35-60-39-61-55-20-9-7-18-50(55)52-37-46(28-32-56(52)61)47-29-33-58-53(38-47)51-19-8-10-21-57(51)62(58)49-30-26-43(27-31-49)41-14-5-2-6-15-41/h1-39,59H/b35-34-,59-54?,60-39?. The minimum Gasteiger partial charge on any atom is -0.309 e. The van der Waals surface area contributed by atoms with E-state index in [-0.39, 0.29) is 0 Å². The Labute approximate surface area is 360 Å². The van der Waals surface area contributed by atoms with Gasteiger partial charge in [-0.1, -0.05) is 164 Å². The van der Waals surface area contributed by atoms with E-state index >= 15 is 0 Å². The van der Waals surface area contributed by atoms with Crippen LogP contribution in [0.1, 0.15) is 5.56 Å². The molecule has 0 aliphatic rings. The Morgan fingerprint density at radius 2 is 0.806 bits per heavy atom. The Balaban J connectivity index is 0.874. The van der Waals surface area contributed by atoms with E-state index in [1.54, 1.807) is 12.3 Å². The smallest absolute Gasteiger partial charge is 0.0995 e. The third-order valence-corrected chi connectivity index (χ3v) is 12.0. The molecule has 9 aromatic carbocycles. The van der Waals surface area contributed by atoms with Gasteiger partial charge >= 0.3 is 0 Å². The molecule has 1 N–H and O–H groups in total. The van der Waals surface area contributed by atoms with E-state index in [0.717, 1.165) is 49.7 Å². The molecule has 4 nitrogen and oxygen atoms in total. The van der Waals surface area contributed by atoms with Crippen LogP contribution in [0.4, 0.5) is 0 Å². The Morgan fingerprint density at radius 1 is 0.371 bits per heavy atom. The average Bonchev–Trinajstić information content (AvgIpc) is 3.85. The van der Waals surface area contributed by atoms with Gasteiger partial charge in [0.2, 0.25) is 0 Å². The molecule has 0 atom stereocenters. The van der Waals surface area contributed by atoms with Crippen LogP contribution in [0.3, 0.4) is 0 Å². The molecular weight excluding hydrogens is 753 g/mol. The van der Waals surface area contributed by atoms with Crippen molar-refractivity contribution >= 4 is 55.7 Å². The minimum atomic E-state index is 0.401. The summed E-state index contributed by atoms with van der Waals surface area (Å²) in [7, 11) is 0. The number of fused-ring (bicyclic) bond motifs is 6. The lowest BCUT2D eigenvalue weighted by Gasteiger charge is -2.10. The molecular formula is C58H40N4. The predicted octanol–water partition coefficient (Wildman–Crippen LogP) is 15.0. The molecule has 62 heavy (non-hydrogen) atoms. The summed E-state index contributed by atoms with van der Waals surface area (Å²) in [4.78, 5) is 4.70. The highest BCUT2D eigenvalue weighted by Gasteiger charge is 2.15. The zero-order chi connectivity index (χ0) is 41.4. The van der Waals surface area contributed by atoms with Crippen molar-refractivity contribution in [3.05, 3.63) is 236 Å². The second kappa shape index (κ2) is 15.7. The van der Waals surface area contributed by atoms with Crippen molar-refractivity contribution in [2.24, 2.45) is 4.99 Å². The van der Waals surface area contributed by atoms with Gasteiger partial charge in [-0.2, -0.15) is 0 Å². The first kappa shape index (κ1) is 36.7. The number of aliphatic imine (C=N–C) groups is 1. The molecule has 0 saturated heterocycles. The molecule has 0 unspecified atom stereocenters. The van der Waals surface area contributed by atoms with E-state index in [1.807, 2.05) is 24.5 Å². The Hall–Kier alpha value is -8.34. The molecule has 292 valence electrons. The topological polar surface area (TPSA) is 46.1 Å². The normalized spacial score (nSPS) is 11.8. The summed E-state index contributed by atoms with van der Waals surface area (Å²) in [6.07, 6.45) is 5.32. The number of aromatic nitrogens is 2. The number of rotatable bonds is 9. The Kier molecular flexibility index (Phi) is 9.29. The molecule has 0 aliphatic carbocycles. The van der Waals surface area contributed by atoms with E-state index in [1.165, 1.54) is 49.6 Å². The summed E-state index contributed by atoms with van der Waals surface area (Å²) >= 11 is 0. The van der Waals surface area contributed by atoms with E-state index in [2.05, 4.69) is 209 Å². The third kappa shape index (κ3) is 6.70. The second-order valence-electron chi connectivity index (χ2n) is 15.6. The second-order valence-corrected chi connectivity index (χ2v) is 15.6. The lowest BCUT2D eigenvalue weighted by molar-refractivity contribution is 1.18. The van der Waals surface area contributed by atoms with E-state index in [0.29, 0.717) is 5.71 Å². The molecule has 0 radical (unpaired) electrons. The number of hydrogen-bond donors (Lipinski definition) is 1. The summed E-state index contributed by atoms with van der Waals surface area (Å²) in [5, 5.41) is 13.6. The molecule has 0 fully saturated rings. The van der Waals surface area contributed by atoms with Crippen molar-refractivity contribution in [1.82, 2.24) is 9.13 Å². The van der Waals surface area contributed by atoms with Gasteiger partial charge in [-0.25, -0.2) is 4.99 Å². The Morgan fingerprint density at radius 3 is 1.47 bits per heavy atom. The van der Waals surface area contributed by atoms with Gasteiger partial charge in [0.1, 0.15) is 0 Å². The lowest BCUT2D eigenvalue weighted by Crippen LogP contribution is -1.96. The first-order chi connectivity index (χ1) is 30.7. The Bertz CT molecular complexity index is 3500. The first-order valence-corrected chi connectivity index (χ1v) is 20.9. The van der Waals surface area contributed by atoms with Gasteiger partial charge in [0, 0.05) is 39.0 Å². The first-order valence-electron chi connectivity index (χ1n) is 20.9. The zero-order valence-corrected chi connectivity index (χ0v) is 33.9. The van der Waals surface area contributed by atoms with Gasteiger partial charge in [-0.05, 0) is 105 Å². The van der Waals surface area contributed by atoms with Gasteiger partial charge in [-0.3, -0.25) is 4.57 Å². The number of para-hydroxylation sites is 2. The van der Waals surface area contributed by atoms with Gasteiger partial charge in [0.25, 0.3) is 0 Å². The van der Waals surface area contributed by atoms with E-state index < -0.39 is 0 Å². The largest absolute Gasteiger partial charge is 0.309 e. The van der Waals surface area contributed by atoms with Crippen LogP contribution in [0.15, 0.2) is 236 Å². The monoisotopic (exact) mass is 792 g/mol. The molecule has 2 heterocycles. The highest BCUT2D eigenvalue weighted by molar-refractivity contribution is 6.14. The molecule has 2 aromatic heterocycles. The molecule has 0 spiro atoms. The number of nitrogens with zero attached hydrogens (tertiary/aromatic N) is 3. The summed E-state index contributed by atoms with van der Waals surface area (Å²) in [6.45, 7) is 0. The average molecular weight is 793 g/mol. The zero-order valence-electron chi connectivity index (χ0n) is 33.9. The number of benzene rings is 9. The maximum atomic E-state index is 8.86. The van der Waals surface area contributed by atoms with Crippen LogP contribution in [-0.4, -0.2) is 21.2 Å². The predicted molar refractivity (Wildman–Crippen MR) is 262 cm³/mol. The molecule has 0 aliphatic heterocycles. The fourth-order valence-corrected chi connectivity index (χ4v) is 8.84. The summed E-state index contributed by atoms with van der Waals surface area (Å²) in [6, 6.07) is 77.3. The van der Waals surface area contributed by atoms with Crippen molar-refractivity contribution in [1.29, 1.82) is 5.41 Å². The van der Waals surface area contributed by atoms with Crippen molar-refractivity contribution in [3.8, 4) is 50.2 Å². The minimum absolute atomic E-state index is 0.401. The van der Waals surface area contributed by atoms with Crippen LogP contribution < -0.4 is 0 Å². The van der Waals surface area contributed by atoms with Gasteiger partial charge < -0.3 is 9.98 Å². The molecule has 11 aromatic rings. The van der Waals surface area contributed by atoms with Crippen molar-refractivity contribution in [2.75, 3.05) is 0 Å². The van der Waals surface area contributed by atoms with Crippen LogP contribution in [0, 0.1) is 5.41 Å². The maximum Gasteiger partial charge on any atom is 0.0995 e. The summed E-state index contributed by atoms with van der Waals surface area (Å²) in [5.41, 5.74) is 16.2. The van der Waals surface area contributed by atoms with Gasteiger partial charge in [-0.15, -0.1) is 0 Å². The van der Waals surface area contributed by atoms with Crippen LogP contribution in [0.2, 0.25) is 0 Å². The number of nitrogens with one attached hydrogen (secondary N) is 1. The molecule has 0 amide bonds. The van der Waals surface area contributed by atoms with Gasteiger partial charge in [0.05, 0.1) is 34.1 Å². The number of hydrogen-bond acceptors (Lipinski definition) is 2. The highest BCUT2D eigenvalue weighted by Crippen LogP contribution is 2.37. The van der Waals surface area contributed by atoms with E-state index in [4.69, 9.17) is 10.4 Å². The van der Waals surface area contributed by atoms with Crippen LogP contribution >= 0.6 is 0 Å². The fraction of sp³-hybridized carbons (Fsp3) is 0. The molecule has 4 heteroatoms. The van der Waals surface area contributed by atoms with Crippen LogP contribution in [0.25, 0.3) is 93.8 Å². The van der Waals surface area contributed by atoms with Crippen molar-refractivity contribution in [2.45, 2.75) is 0 Å². The van der Waals surface area contributed by atoms with E-state index in [9.17, 15) is 0 Å². The molecule has 11 rings (SSSR count). The third-order valence-electron chi connectivity index (χ3n) is 12.0. The SMILES string of the molecule is N=C(/C=C\N=Cn1c2ccccc2c2cc(-c3ccc4c(c3)c3ccccc3n4-c3ccc(-c4ccccc4)cc3)ccc21)c1cccc(-c2ccc(-c3ccccc3)cc2)c1. The summed E-state index contributed by atoms with van der Waals surface area (Å²) in [5.74, 6) is 0. The fourth-order valence-electron chi connectivity index (χ4n) is 8.84. The molecule has 0 bridgehead atoms. The number of allylic oxidation sites excluding steroid dienone is 1. The van der Waals surface area contributed by atoms with Crippen molar-refractivity contribution in [3.63, 3.8) is 0 Å². The highest BCUT2D eigenvalue weighted by atomic mass is 15.0. The molecule has 0 saturated carbocycles.